The fourth-order valence-corrected chi connectivity index (χ4v) is 4.14. The third kappa shape index (κ3) is 3.13. The topological polar surface area (TPSA) is 36.3 Å². The number of rotatable bonds is 4. The molecular weight excluding hydrogens is 396 g/mol. The van der Waals surface area contributed by atoms with Crippen LogP contribution >= 0.6 is 0 Å². The molecule has 0 N–H and O–H groups in total. The average Bonchev–Trinajstić information content (AvgIpc) is 3.50. The van der Waals surface area contributed by atoms with E-state index in [2.05, 4.69) is 65.2 Å². The molecule has 2 heterocycles. The van der Waals surface area contributed by atoms with Gasteiger partial charge in [0.05, 0.1) is 11.4 Å². The second-order valence-electron chi connectivity index (χ2n) is 7.60. The minimum Gasteiger partial charge on any atom is -0.454 e. The number of aromatic nitrogens is 2. The van der Waals surface area contributed by atoms with Crippen LogP contribution in [0.4, 0.5) is 0 Å². The van der Waals surface area contributed by atoms with Crippen LogP contribution in [0.2, 0.25) is 0 Å². The van der Waals surface area contributed by atoms with Crippen LogP contribution in [0, 0.1) is 0 Å². The van der Waals surface area contributed by atoms with Gasteiger partial charge in [0.2, 0.25) is 6.79 Å². The van der Waals surface area contributed by atoms with Crippen LogP contribution in [0.25, 0.3) is 39.6 Å². The number of benzene rings is 4. The second kappa shape index (κ2) is 7.75. The van der Waals surface area contributed by atoms with Gasteiger partial charge in [0.25, 0.3) is 0 Å². The van der Waals surface area contributed by atoms with E-state index in [0.29, 0.717) is 0 Å². The Morgan fingerprint density at radius 1 is 0.594 bits per heavy atom. The van der Waals surface area contributed by atoms with Gasteiger partial charge in [-0.25, -0.2) is 4.98 Å². The molecule has 0 fully saturated rings. The third-order valence-corrected chi connectivity index (χ3v) is 5.62. The van der Waals surface area contributed by atoms with Gasteiger partial charge in [0, 0.05) is 22.4 Å². The van der Waals surface area contributed by atoms with Crippen molar-refractivity contribution in [3.05, 3.63) is 109 Å². The largest absolute Gasteiger partial charge is 0.454 e. The van der Waals surface area contributed by atoms with E-state index in [1.807, 2.05) is 48.5 Å². The Balaban J connectivity index is 1.68. The Bertz CT molecular complexity index is 1380. The lowest BCUT2D eigenvalue weighted by atomic mass is 10.0. The molecule has 0 unspecified atom stereocenters. The number of imidazole rings is 1. The molecule has 0 aliphatic carbocycles. The molecule has 4 aromatic carbocycles. The number of ether oxygens (including phenoxy) is 2. The first-order chi connectivity index (χ1) is 15.9. The Labute approximate surface area is 186 Å². The van der Waals surface area contributed by atoms with Crippen LogP contribution in [0.15, 0.2) is 109 Å². The summed E-state index contributed by atoms with van der Waals surface area (Å²) in [6.45, 7) is 0.246. The van der Waals surface area contributed by atoms with Crippen molar-refractivity contribution in [2.75, 3.05) is 6.79 Å². The first-order valence-electron chi connectivity index (χ1n) is 10.6. The minimum absolute atomic E-state index is 0.246. The van der Waals surface area contributed by atoms with E-state index in [-0.39, 0.29) is 6.79 Å². The summed E-state index contributed by atoms with van der Waals surface area (Å²) in [5, 5.41) is 0. The van der Waals surface area contributed by atoms with Gasteiger partial charge in [-0.1, -0.05) is 78.9 Å². The van der Waals surface area contributed by atoms with Crippen molar-refractivity contribution >= 4 is 0 Å². The summed E-state index contributed by atoms with van der Waals surface area (Å²) in [6.07, 6.45) is 0. The van der Waals surface area contributed by atoms with Crippen LogP contribution in [-0.4, -0.2) is 16.3 Å². The highest BCUT2D eigenvalue weighted by molar-refractivity contribution is 5.84. The molecular formula is C28H20N2O2. The summed E-state index contributed by atoms with van der Waals surface area (Å²) in [5.41, 5.74) is 6.19. The summed E-state index contributed by atoms with van der Waals surface area (Å²) in [7, 11) is 0. The van der Waals surface area contributed by atoms with Crippen LogP contribution < -0.4 is 9.47 Å². The van der Waals surface area contributed by atoms with Crippen LogP contribution in [0.5, 0.6) is 11.5 Å². The van der Waals surface area contributed by atoms with Gasteiger partial charge in [-0.3, -0.25) is 4.57 Å². The molecule has 5 aromatic rings. The predicted octanol–water partition coefficient (Wildman–Crippen LogP) is 6.60. The second-order valence-corrected chi connectivity index (χ2v) is 7.60. The Hall–Kier alpha value is -4.31. The Kier molecular flexibility index (Phi) is 4.47. The van der Waals surface area contributed by atoms with Gasteiger partial charge in [0.1, 0.15) is 5.82 Å². The minimum atomic E-state index is 0.246. The molecule has 4 heteroatoms. The zero-order chi connectivity index (χ0) is 21.3. The molecule has 1 aliphatic rings. The molecule has 0 atom stereocenters. The van der Waals surface area contributed by atoms with E-state index in [0.717, 1.165) is 51.1 Å². The Morgan fingerprint density at radius 3 is 1.94 bits per heavy atom. The molecule has 0 amide bonds. The molecule has 154 valence electrons. The molecule has 32 heavy (non-hydrogen) atoms. The van der Waals surface area contributed by atoms with Crippen molar-refractivity contribution in [1.82, 2.24) is 9.55 Å². The number of hydrogen-bond acceptors (Lipinski definition) is 3. The molecule has 0 radical (unpaired) electrons. The van der Waals surface area contributed by atoms with E-state index in [4.69, 9.17) is 14.5 Å². The molecule has 0 spiro atoms. The number of para-hydroxylation sites is 1. The summed E-state index contributed by atoms with van der Waals surface area (Å²) < 4.78 is 13.4. The van der Waals surface area contributed by atoms with Crippen molar-refractivity contribution in [2.24, 2.45) is 0 Å². The van der Waals surface area contributed by atoms with E-state index in [1.165, 1.54) is 0 Å². The quantitative estimate of drug-likeness (QED) is 0.331. The molecule has 0 saturated heterocycles. The Morgan fingerprint density at radius 2 is 1.22 bits per heavy atom. The maximum atomic E-state index is 5.65. The first-order valence-corrected chi connectivity index (χ1v) is 10.6. The standard InChI is InChI=1S/C28H20N2O2/c1-4-10-20(11-5-1)26-27(21-12-6-2-7-13-21)30(23-14-8-3-9-15-23)28(29-26)22-16-17-24-25(18-22)32-19-31-24/h1-18H,19H2. The van der Waals surface area contributed by atoms with Gasteiger partial charge in [-0.05, 0) is 30.3 Å². The average molecular weight is 416 g/mol. The van der Waals surface area contributed by atoms with Crippen molar-refractivity contribution in [1.29, 1.82) is 0 Å². The first kappa shape index (κ1) is 18.5. The van der Waals surface area contributed by atoms with E-state index < -0.39 is 0 Å². The maximum Gasteiger partial charge on any atom is 0.231 e. The lowest BCUT2D eigenvalue weighted by molar-refractivity contribution is 0.174. The summed E-state index contributed by atoms with van der Waals surface area (Å²) in [6, 6.07) is 37.1. The van der Waals surface area contributed by atoms with E-state index in [9.17, 15) is 0 Å². The van der Waals surface area contributed by atoms with Crippen molar-refractivity contribution in [3.63, 3.8) is 0 Å². The number of nitrogens with zero attached hydrogens (tertiary/aromatic N) is 2. The molecule has 1 aliphatic heterocycles. The molecule has 0 saturated carbocycles. The van der Waals surface area contributed by atoms with Crippen LogP contribution in [0.1, 0.15) is 0 Å². The monoisotopic (exact) mass is 416 g/mol. The SMILES string of the molecule is c1ccc(-c2nc(-c3ccc4c(c3)OCO4)n(-c3ccccc3)c2-c2ccccc2)cc1. The van der Waals surface area contributed by atoms with Gasteiger partial charge in [0.15, 0.2) is 11.5 Å². The zero-order valence-electron chi connectivity index (χ0n) is 17.3. The lowest BCUT2D eigenvalue weighted by Gasteiger charge is -2.14. The van der Waals surface area contributed by atoms with Crippen LogP contribution in [0.3, 0.4) is 0 Å². The van der Waals surface area contributed by atoms with Crippen molar-refractivity contribution in [2.45, 2.75) is 0 Å². The smallest absolute Gasteiger partial charge is 0.231 e. The van der Waals surface area contributed by atoms with Crippen LogP contribution in [-0.2, 0) is 0 Å². The molecule has 4 nitrogen and oxygen atoms in total. The third-order valence-electron chi connectivity index (χ3n) is 5.62. The maximum absolute atomic E-state index is 5.65. The fourth-order valence-electron chi connectivity index (χ4n) is 4.14. The van der Waals surface area contributed by atoms with Gasteiger partial charge < -0.3 is 9.47 Å². The normalized spacial score (nSPS) is 12.1. The molecule has 6 rings (SSSR count). The van der Waals surface area contributed by atoms with Gasteiger partial charge >= 0.3 is 0 Å². The fraction of sp³-hybridized carbons (Fsp3) is 0.0357. The van der Waals surface area contributed by atoms with Gasteiger partial charge in [-0.15, -0.1) is 0 Å². The van der Waals surface area contributed by atoms with Gasteiger partial charge in [-0.2, -0.15) is 0 Å². The highest BCUT2D eigenvalue weighted by Crippen LogP contribution is 2.41. The molecule has 1 aromatic heterocycles. The highest BCUT2D eigenvalue weighted by atomic mass is 16.7. The van der Waals surface area contributed by atoms with E-state index >= 15 is 0 Å². The highest BCUT2D eigenvalue weighted by Gasteiger charge is 2.23. The number of fused-ring (bicyclic) bond motifs is 1. The number of hydrogen-bond donors (Lipinski definition) is 0. The zero-order valence-corrected chi connectivity index (χ0v) is 17.3. The lowest BCUT2D eigenvalue weighted by Crippen LogP contribution is -2.00. The summed E-state index contributed by atoms with van der Waals surface area (Å²) in [5.74, 6) is 2.36. The van der Waals surface area contributed by atoms with Crippen molar-refractivity contribution < 1.29 is 9.47 Å². The predicted molar refractivity (Wildman–Crippen MR) is 126 cm³/mol. The summed E-state index contributed by atoms with van der Waals surface area (Å²) >= 11 is 0. The van der Waals surface area contributed by atoms with E-state index in [1.54, 1.807) is 0 Å². The summed E-state index contributed by atoms with van der Waals surface area (Å²) in [4.78, 5) is 5.20. The molecule has 0 bridgehead atoms. The van der Waals surface area contributed by atoms with Crippen molar-refractivity contribution in [3.8, 4) is 51.1 Å².